The Morgan fingerprint density at radius 3 is 2.71 bits per heavy atom. The molecule has 1 aliphatic heterocycles. The van der Waals surface area contributed by atoms with E-state index in [1.54, 1.807) is 30.3 Å². The topological polar surface area (TPSA) is 85.4 Å². The number of amides is 1. The van der Waals surface area contributed by atoms with Gasteiger partial charge in [0, 0.05) is 29.9 Å². The summed E-state index contributed by atoms with van der Waals surface area (Å²) in [6.45, 7) is 1.09. The number of carbonyl (C=O) groups excluding carboxylic acids is 1. The van der Waals surface area contributed by atoms with Crippen LogP contribution < -0.4 is 20.1 Å². The second-order valence-corrected chi connectivity index (χ2v) is 6.05. The molecule has 1 amide bonds. The molecule has 2 heterocycles. The van der Waals surface area contributed by atoms with Gasteiger partial charge in [-0.2, -0.15) is 0 Å². The van der Waals surface area contributed by atoms with Gasteiger partial charge in [-0.05, 0) is 18.2 Å². The van der Waals surface area contributed by atoms with E-state index in [0.29, 0.717) is 36.1 Å². The van der Waals surface area contributed by atoms with Crippen molar-refractivity contribution >= 4 is 17.4 Å². The van der Waals surface area contributed by atoms with Gasteiger partial charge in [-0.25, -0.2) is 14.4 Å². The van der Waals surface area contributed by atoms with Crippen molar-refractivity contribution in [1.29, 1.82) is 0 Å². The monoisotopic (exact) mass is 380 g/mol. The molecule has 0 bridgehead atoms. The predicted molar refractivity (Wildman–Crippen MR) is 100 cm³/mol. The number of halogens is 1. The molecule has 8 heteroatoms. The highest BCUT2D eigenvalue weighted by molar-refractivity contribution is 5.92. The first kappa shape index (κ1) is 17.7. The molecule has 4 rings (SSSR count). The fourth-order valence-corrected chi connectivity index (χ4v) is 2.73. The number of hydrogen-bond donors (Lipinski definition) is 2. The molecule has 28 heavy (non-hydrogen) atoms. The summed E-state index contributed by atoms with van der Waals surface area (Å²) in [6.07, 6.45) is 1.29. The Morgan fingerprint density at radius 2 is 1.86 bits per heavy atom. The Balaban J connectivity index is 1.44. The molecule has 1 aromatic heterocycles. The maximum Gasteiger partial charge on any atom is 0.270 e. The van der Waals surface area contributed by atoms with Crippen LogP contribution in [0, 0.1) is 5.82 Å². The number of nitrogens with zero attached hydrogens (tertiary/aromatic N) is 2. The third-order valence-electron chi connectivity index (χ3n) is 4.11. The summed E-state index contributed by atoms with van der Waals surface area (Å²) in [5.74, 6) is 0.992. The first-order chi connectivity index (χ1) is 13.7. The Hall–Kier alpha value is -3.68. The highest BCUT2D eigenvalue weighted by Crippen LogP contribution is 2.33. The van der Waals surface area contributed by atoms with Crippen molar-refractivity contribution in [2.24, 2.45) is 0 Å². The van der Waals surface area contributed by atoms with Crippen LogP contribution in [-0.4, -0.2) is 29.1 Å². The van der Waals surface area contributed by atoms with E-state index in [1.165, 1.54) is 18.5 Å². The predicted octanol–water partition coefficient (Wildman–Crippen LogP) is 3.06. The van der Waals surface area contributed by atoms with Crippen LogP contribution in [0.2, 0.25) is 0 Å². The number of fused-ring (bicyclic) bond motifs is 1. The molecule has 1 aliphatic rings. The van der Waals surface area contributed by atoms with Crippen molar-refractivity contribution in [3.05, 3.63) is 71.9 Å². The average molecular weight is 380 g/mol. The fraction of sp³-hybridized carbons (Fsp3) is 0.150. The molecular formula is C20H17FN4O3. The second-order valence-electron chi connectivity index (χ2n) is 6.05. The zero-order chi connectivity index (χ0) is 19.3. The fourth-order valence-electron chi connectivity index (χ4n) is 2.73. The van der Waals surface area contributed by atoms with E-state index in [-0.39, 0.29) is 18.1 Å². The van der Waals surface area contributed by atoms with Gasteiger partial charge in [-0.3, -0.25) is 4.79 Å². The van der Waals surface area contributed by atoms with Crippen LogP contribution in [0.4, 0.5) is 15.9 Å². The Bertz CT molecular complexity index is 1010. The number of carbonyl (C=O) groups is 1. The van der Waals surface area contributed by atoms with Gasteiger partial charge in [0.25, 0.3) is 5.91 Å². The standard InChI is InChI=1S/C20H17FN4O3/c21-15-4-2-1-3-13(15)11-22-20(26)16-10-19(24-12-23-16)25-14-5-6-17-18(9-14)28-8-7-27-17/h1-6,9-10,12H,7-8,11H2,(H,22,26)(H,23,24,25). The van der Waals surface area contributed by atoms with Crippen LogP contribution >= 0.6 is 0 Å². The zero-order valence-corrected chi connectivity index (χ0v) is 14.8. The quantitative estimate of drug-likeness (QED) is 0.708. The lowest BCUT2D eigenvalue weighted by Gasteiger charge is -2.19. The van der Waals surface area contributed by atoms with Gasteiger partial charge in [0.15, 0.2) is 11.5 Å². The summed E-state index contributed by atoms with van der Waals surface area (Å²) >= 11 is 0. The van der Waals surface area contributed by atoms with Crippen LogP contribution in [0.1, 0.15) is 16.1 Å². The number of aromatic nitrogens is 2. The first-order valence-corrected chi connectivity index (χ1v) is 8.69. The van der Waals surface area contributed by atoms with Crippen LogP contribution in [0.3, 0.4) is 0 Å². The molecule has 0 atom stereocenters. The van der Waals surface area contributed by atoms with E-state index in [2.05, 4.69) is 20.6 Å². The van der Waals surface area contributed by atoms with Crippen LogP contribution in [-0.2, 0) is 6.54 Å². The molecule has 0 saturated carbocycles. The number of nitrogens with one attached hydrogen (secondary N) is 2. The molecule has 0 spiro atoms. The molecule has 0 aliphatic carbocycles. The van der Waals surface area contributed by atoms with Crippen molar-refractivity contribution < 1.29 is 18.7 Å². The average Bonchev–Trinajstić information content (AvgIpc) is 2.73. The molecule has 0 fully saturated rings. The number of hydrogen-bond acceptors (Lipinski definition) is 6. The van der Waals surface area contributed by atoms with Gasteiger partial charge in [0.1, 0.15) is 36.9 Å². The molecule has 0 radical (unpaired) electrons. The maximum atomic E-state index is 13.7. The van der Waals surface area contributed by atoms with E-state index < -0.39 is 5.91 Å². The summed E-state index contributed by atoms with van der Waals surface area (Å²) in [5.41, 5.74) is 1.31. The molecule has 2 N–H and O–H groups in total. The second kappa shape index (κ2) is 7.91. The third kappa shape index (κ3) is 4.01. The highest BCUT2D eigenvalue weighted by Gasteiger charge is 2.13. The number of anilines is 2. The first-order valence-electron chi connectivity index (χ1n) is 8.69. The maximum absolute atomic E-state index is 13.7. The number of benzene rings is 2. The molecule has 2 aromatic carbocycles. The van der Waals surface area contributed by atoms with Crippen molar-refractivity contribution in [1.82, 2.24) is 15.3 Å². The Morgan fingerprint density at radius 1 is 1.04 bits per heavy atom. The lowest BCUT2D eigenvalue weighted by molar-refractivity contribution is 0.0945. The largest absolute Gasteiger partial charge is 0.486 e. The Labute approximate surface area is 160 Å². The molecule has 0 saturated heterocycles. The van der Waals surface area contributed by atoms with Crippen LogP contribution in [0.15, 0.2) is 54.9 Å². The van der Waals surface area contributed by atoms with Crippen molar-refractivity contribution in [2.45, 2.75) is 6.54 Å². The van der Waals surface area contributed by atoms with Gasteiger partial charge in [-0.1, -0.05) is 18.2 Å². The summed E-state index contributed by atoms with van der Waals surface area (Å²) in [5, 5.41) is 5.76. The third-order valence-corrected chi connectivity index (χ3v) is 4.11. The molecule has 0 unspecified atom stereocenters. The lowest BCUT2D eigenvalue weighted by atomic mass is 10.2. The van der Waals surface area contributed by atoms with Crippen molar-refractivity contribution in [3.63, 3.8) is 0 Å². The van der Waals surface area contributed by atoms with Gasteiger partial charge in [0.05, 0.1) is 0 Å². The van der Waals surface area contributed by atoms with Gasteiger partial charge >= 0.3 is 0 Å². The normalized spacial score (nSPS) is 12.3. The van der Waals surface area contributed by atoms with E-state index in [1.807, 2.05) is 6.07 Å². The highest BCUT2D eigenvalue weighted by atomic mass is 19.1. The minimum Gasteiger partial charge on any atom is -0.486 e. The summed E-state index contributed by atoms with van der Waals surface area (Å²) in [6, 6.07) is 13.2. The van der Waals surface area contributed by atoms with E-state index >= 15 is 0 Å². The minimum absolute atomic E-state index is 0.0699. The summed E-state index contributed by atoms with van der Waals surface area (Å²) in [7, 11) is 0. The van der Waals surface area contributed by atoms with Crippen LogP contribution in [0.25, 0.3) is 0 Å². The molecule has 3 aromatic rings. The SMILES string of the molecule is O=C(NCc1ccccc1F)c1cc(Nc2ccc3c(c2)OCCO3)ncn1. The minimum atomic E-state index is -0.420. The number of ether oxygens (including phenoxy) is 2. The lowest BCUT2D eigenvalue weighted by Crippen LogP contribution is -2.24. The van der Waals surface area contributed by atoms with Crippen molar-refractivity contribution in [2.75, 3.05) is 18.5 Å². The van der Waals surface area contributed by atoms with Gasteiger partial charge < -0.3 is 20.1 Å². The molecular weight excluding hydrogens is 363 g/mol. The van der Waals surface area contributed by atoms with Crippen molar-refractivity contribution in [3.8, 4) is 11.5 Å². The van der Waals surface area contributed by atoms with Crippen LogP contribution in [0.5, 0.6) is 11.5 Å². The summed E-state index contributed by atoms with van der Waals surface area (Å²) in [4.78, 5) is 20.4. The zero-order valence-electron chi connectivity index (χ0n) is 14.8. The Kier molecular flexibility index (Phi) is 5.01. The van der Waals surface area contributed by atoms with E-state index in [0.717, 1.165) is 5.69 Å². The van der Waals surface area contributed by atoms with Gasteiger partial charge in [0.2, 0.25) is 0 Å². The molecule has 142 valence electrons. The molecule has 7 nitrogen and oxygen atoms in total. The van der Waals surface area contributed by atoms with E-state index in [4.69, 9.17) is 9.47 Å². The van der Waals surface area contributed by atoms with Gasteiger partial charge in [-0.15, -0.1) is 0 Å². The number of rotatable bonds is 5. The summed E-state index contributed by atoms with van der Waals surface area (Å²) < 4.78 is 24.7. The smallest absolute Gasteiger partial charge is 0.270 e. The van der Waals surface area contributed by atoms with E-state index in [9.17, 15) is 9.18 Å².